The van der Waals surface area contributed by atoms with Crippen LogP contribution in [0.2, 0.25) is 5.02 Å². The van der Waals surface area contributed by atoms with Gasteiger partial charge in [0.05, 0.1) is 12.6 Å². The highest BCUT2D eigenvalue weighted by Gasteiger charge is 2.13. The summed E-state index contributed by atoms with van der Waals surface area (Å²) in [4.78, 5) is 9.94. The second-order valence-electron chi connectivity index (χ2n) is 4.12. The van der Waals surface area contributed by atoms with Gasteiger partial charge in [-0.3, -0.25) is 10.1 Å². The van der Waals surface area contributed by atoms with Crippen LogP contribution in [0.5, 0.6) is 0 Å². The molecular weight excluding hydrogens is 268 g/mol. The largest absolute Gasteiger partial charge is 0.433 e. The van der Waals surface area contributed by atoms with Crippen molar-refractivity contribution in [1.29, 1.82) is 0 Å². The van der Waals surface area contributed by atoms with Crippen molar-refractivity contribution >= 4 is 17.5 Å². The third-order valence-electron chi connectivity index (χ3n) is 2.78. The number of nitrogens with zero attached hydrogens (tertiary/aromatic N) is 1. The van der Waals surface area contributed by atoms with Crippen molar-refractivity contribution in [1.82, 2.24) is 5.32 Å². The molecule has 2 aromatic rings. The normalized spacial score (nSPS) is 12.3. The van der Waals surface area contributed by atoms with Gasteiger partial charge in [-0.2, -0.15) is 0 Å². The first-order valence-electron chi connectivity index (χ1n) is 5.79. The summed E-state index contributed by atoms with van der Waals surface area (Å²) in [5, 5.41) is 14.4. The van der Waals surface area contributed by atoms with E-state index >= 15 is 0 Å². The van der Waals surface area contributed by atoms with Gasteiger partial charge in [0.25, 0.3) is 0 Å². The highest BCUT2D eigenvalue weighted by Crippen LogP contribution is 2.23. The lowest BCUT2D eigenvalue weighted by Gasteiger charge is -2.14. The van der Waals surface area contributed by atoms with E-state index in [0.717, 1.165) is 5.56 Å². The van der Waals surface area contributed by atoms with Crippen molar-refractivity contribution in [3.63, 3.8) is 0 Å². The molecule has 0 aliphatic rings. The SMILES string of the molecule is C[C@H](NCc1ccc([N+](=O)[O-])o1)c1ccccc1Cl. The topological polar surface area (TPSA) is 68.3 Å². The standard InChI is InChI=1S/C13H13ClN2O3/c1-9(11-4-2-3-5-12(11)14)15-8-10-6-7-13(19-10)16(17)18/h2-7,9,15H,8H2,1H3/t9-/m0/s1. The van der Waals surface area contributed by atoms with Gasteiger partial charge in [0, 0.05) is 11.1 Å². The first-order valence-corrected chi connectivity index (χ1v) is 6.16. The fourth-order valence-corrected chi connectivity index (χ4v) is 2.05. The molecule has 0 fully saturated rings. The molecule has 0 radical (unpaired) electrons. The number of furan rings is 1. The minimum Gasteiger partial charge on any atom is -0.404 e. The zero-order valence-electron chi connectivity index (χ0n) is 10.3. The van der Waals surface area contributed by atoms with E-state index in [2.05, 4.69) is 5.32 Å². The number of rotatable bonds is 5. The molecule has 19 heavy (non-hydrogen) atoms. The van der Waals surface area contributed by atoms with Gasteiger partial charge in [0.15, 0.2) is 0 Å². The molecule has 0 saturated heterocycles. The van der Waals surface area contributed by atoms with Crippen LogP contribution >= 0.6 is 11.6 Å². The van der Waals surface area contributed by atoms with Gasteiger partial charge in [-0.25, -0.2) is 0 Å². The summed E-state index contributed by atoms with van der Waals surface area (Å²) in [6.45, 7) is 2.37. The summed E-state index contributed by atoms with van der Waals surface area (Å²) in [5.41, 5.74) is 0.977. The molecular formula is C13H13ClN2O3. The molecule has 0 aliphatic heterocycles. The molecule has 0 spiro atoms. The number of benzene rings is 1. The van der Waals surface area contributed by atoms with Crippen molar-refractivity contribution in [2.75, 3.05) is 0 Å². The Morgan fingerprint density at radius 2 is 2.11 bits per heavy atom. The second kappa shape index (κ2) is 5.86. The van der Waals surface area contributed by atoms with E-state index in [1.54, 1.807) is 6.07 Å². The van der Waals surface area contributed by atoms with E-state index in [9.17, 15) is 10.1 Å². The molecule has 100 valence electrons. The highest BCUT2D eigenvalue weighted by atomic mass is 35.5. The predicted octanol–water partition coefficient (Wildman–Crippen LogP) is 3.69. The summed E-state index contributed by atoms with van der Waals surface area (Å²) in [6, 6.07) is 10.5. The Kier molecular flexibility index (Phi) is 4.19. The van der Waals surface area contributed by atoms with Crippen molar-refractivity contribution < 1.29 is 9.34 Å². The highest BCUT2D eigenvalue weighted by molar-refractivity contribution is 6.31. The molecule has 1 heterocycles. The molecule has 5 nitrogen and oxygen atoms in total. The fraction of sp³-hybridized carbons (Fsp3) is 0.231. The van der Waals surface area contributed by atoms with E-state index in [4.69, 9.17) is 16.0 Å². The number of hydrogen-bond donors (Lipinski definition) is 1. The van der Waals surface area contributed by atoms with Crippen LogP contribution in [0.25, 0.3) is 0 Å². The molecule has 0 aliphatic carbocycles. The molecule has 6 heteroatoms. The summed E-state index contributed by atoms with van der Waals surface area (Å²) in [7, 11) is 0. The van der Waals surface area contributed by atoms with Gasteiger partial charge < -0.3 is 9.73 Å². The Morgan fingerprint density at radius 1 is 1.37 bits per heavy atom. The van der Waals surface area contributed by atoms with Crippen molar-refractivity contribution in [2.45, 2.75) is 19.5 Å². The molecule has 0 unspecified atom stereocenters. The van der Waals surface area contributed by atoms with Gasteiger partial charge in [-0.15, -0.1) is 0 Å². The van der Waals surface area contributed by atoms with Crippen LogP contribution in [-0.2, 0) is 6.54 Å². The minimum absolute atomic E-state index is 0.0258. The van der Waals surface area contributed by atoms with Gasteiger partial charge >= 0.3 is 5.88 Å². The van der Waals surface area contributed by atoms with Crippen LogP contribution in [0.4, 0.5) is 5.88 Å². The Hall–Kier alpha value is -1.85. The van der Waals surface area contributed by atoms with Crippen LogP contribution in [0.1, 0.15) is 24.3 Å². The monoisotopic (exact) mass is 280 g/mol. The maximum absolute atomic E-state index is 10.5. The molecule has 0 bridgehead atoms. The Balaban J connectivity index is 1.98. The minimum atomic E-state index is -0.555. The van der Waals surface area contributed by atoms with Crippen molar-refractivity contribution in [3.8, 4) is 0 Å². The number of nitrogens with one attached hydrogen (secondary N) is 1. The van der Waals surface area contributed by atoms with Crippen LogP contribution in [0, 0.1) is 10.1 Å². The second-order valence-corrected chi connectivity index (χ2v) is 4.53. The fourth-order valence-electron chi connectivity index (χ4n) is 1.75. The van der Waals surface area contributed by atoms with Crippen LogP contribution in [0.15, 0.2) is 40.8 Å². The summed E-state index contributed by atoms with van der Waals surface area (Å²) in [5.74, 6) is 0.271. The maximum Gasteiger partial charge on any atom is 0.433 e. The van der Waals surface area contributed by atoms with Crippen molar-refractivity contribution in [3.05, 3.63) is 62.9 Å². The first-order chi connectivity index (χ1) is 9.08. The Labute approximate surface area is 115 Å². The van der Waals surface area contributed by atoms with Crippen LogP contribution < -0.4 is 5.32 Å². The summed E-state index contributed by atoms with van der Waals surface area (Å²) >= 11 is 6.09. The van der Waals surface area contributed by atoms with Gasteiger partial charge in [0.2, 0.25) is 0 Å². The lowest BCUT2D eigenvalue weighted by Crippen LogP contribution is -2.18. The molecule has 1 aromatic heterocycles. The molecule has 1 aromatic carbocycles. The van der Waals surface area contributed by atoms with E-state index in [1.807, 2.05) is 31.2 Å². The molecule has 2 rings (SSSR count). The lowest BCUT2D eigenvalue weighted by molar-refractivity contribution is -0.402. The van der Waals surface area contributed by atoms with E-state index in [-0.39, 0.29) is 11.9 Å². The zero-order chi connectivity index (χ0) is 13.8. The van der Waals surface area contributed by atoms with Gasteiger partial charge in [0.1, 0.15) is 10.7 Å². The zero-order valence-corrected chi connectivity index (χ0v) is 11.1. The van der Waals surface area contributed by atoms with Gasteiger partial charge in [-0.1, -0.05) is 29.8 Å². The van der Waals surface area contributed by atoms with E-state index in [0.29, 0.717) is 17.3 Å². The van der Waals surface area contributed by atoms with Crippen LogP contribution in [0.3, 0.4) is 0 Å². The maximum atomic E-state index is 10.5. The number of nitro groups is 1. The van der Waals surface area contributed by atoms with Gasteiger partial charge in [-0.05, 0) is 24.6 Å². The molecule has 1 atom stereocenters. The third-order valence-corrected chi connectivity index (χ3v) is 3.13. The predicted molar refractivity (Wildman–Crippen MR) is 72.1 cm³/mol. The van der Waals surface area contributed by atoms with Crippen LogP contribution in [-0.4, -0.2) is 4.92 Å². The summed E-state index contributed by atoms with van der Waals surface area (Å²) < 4.78 is 5.07. The lowest BCUT2D eigenvalue weighted by atomic mass is 10.1. The van der Waals surface area contributed by atoms with E-state index < -0.39 is 4.92 Å². The average Bonchev–Trinajstić information content (AvgIpc) is 2.85. The van der Waals surface area contributed by atoms with E-state index in [1.165, 1.54) is 6.07 Å². The summed E-state index contributed by atoms with van der Waals surface area (Å²) in [6.07, 6.45) is 0. The Morgan fingerprint density at radius 3 is 2.74 bits per heavy atom. The smallest absolute Gasteiger partial charge is 0.404 e. The molecule has 0 saturated carbocycles. The Bertz CT molecular complexity index is 583. The quantitative estimate of drug-likeness (QED) is 0.670. The third kappa shape index (κ3) is 3.33. The number of halogens is 1. The molecule has 0 amide bonds. The number of hydrogen-bond acceptors (Lipinski definition) is 4. The average molecular weight is 281 g/mol. The van der Waals surface area contributed by atoms with Crippen molar-refractivity contribution in [2.24, 2.45) is 0 Å². The first kappa shape index (κ1) is 13.6. The molecule has 1 N–H and O–H groups in total.